The second kappa shape index (κ2) is 7.29. The summed E-state index contributed by atoms with van der Waals surface area (Å²) < 4.78 is 33.2. The molecule has 1 saturated heterocycles. The van der Waals surface area contributed by atoms with Crippen molar-refractivity contribution in [2.75, 3.05) is 19.7 Å². The van der Waals surface area contributed by atoms with Gasteiger partial charge in [0.1, 0.15) is 5.75 Å². The van der Waals surface area contributed by atoms with Crippen LogP contribution in [0.2, 0.25) is 0 Å². The summed E-state index contributed by atoms with van der Waals surface area (Å²) in [5.41, 5.74) is 5.94. The van der Waals surface area contributed by atoms with Gasteiger partial charge in [0.2, 0.25) is 10.0 Å². The third-order valence-corrected chi connectivity index (χ3v) is 6.49. The molecule has 0 radical (unpaired) electrons. The molecule has 2 N–H and O–H groups in total. The normalized spacial score (nSPS) is 21.5. The molecule has 1 aliphatic rings. The van der Waals surface area contributed by atoms with E-state index in [0.717, 1.165) is 12.8 Å². The van der Waals surface area contributed by atoms with Gasteiger partial charge in [-0.25, -0.2) is 8.42 Å². The highest BCUT2D eigenvalue weighted by Gasteiger charge is 2.31. The zero-order valence-corrected chi connectivity index (χ0v) is 15.4. The second-order valence-electron chi connectivity index (χ2n) is 5.65. The number of halogens is 1. The average Bonchev–Trinajstić information content (AvgIpc) is 2.49. The average molecular weight is 391 g/mol. The number of sulfonamides is 1. The lowest BCUT2D eigenvalue weighted by Gasteiger charge is -2.33. The molecule has 2 unspecified atom stereocenters. The first-order chi connectivity index (χ1) is 10.4. The fourth-order valence-electron chi connectivity index (χ4n) is 2.69. The largest absolute Gasteiger partial charge is 0.493 e. The Hall–Kier alpha value is -0.630. The first-order valence-corrected chi connectivity index (χ1v) is 9.77. The first-order valence-electron chi connectivity index (χ1n) is 7.54. The molecule has 2 rings (SSSR count). The lowest BCUT2D eigenvalue weighted by molar-refractivity contribution is 0.243. The van der Waals surface area contributed by atoms with Crippen molar-refractivity contribution in [1.82, 2.24) is 4.31 Å². The van der Waals surface area contributed by atoms with Crippen molar-refractivity contribution < 1.29 is 13.2 Å². The predicted molar refractivity (Wildman–Crippen MR) is 90.4 cm³/mol. The lowest BCUT2D eigenvalue weighted by atomic mass is 9.93. The second-order valence-corrected chi connectivity index (χ2v) is 8.44. The minimum absolute atomic E-state index is 0.00469. The maximum Gasteiger partial charge on any atom is 0.243 e. The molecule has 0 bridgehead atoms. The van der Waals surface area contributed by atoms with E-state index in [-0.39, 0.29) is 16.9 Å². The molecule has 1 aliphatic heterocycles. The Kier molecular flexibility index (Phi) is 5.87. The van der Waals surface area contributed by atoms with Gasteiger partial charge in [-0.05, 0) is 66.7 Å². The smallest absolute Gasteiger partial charge is 0.243 e. The summed E-state index contributed by atoms with van der Waals surface area (Å²) >= 11 is 3.37. The monoisotopic (exact) mass is 390 g/mol. The van der Waals surface area contributed by atoms with Crippen molar-refractivity contribution in [3.8, 4) is 5.75 Å². The van der Waals surface area contributed by atoms with Gasteiger partial charge in [-0.2, -0.15) is 4.31 Å². The summed E-state index contributed by atoms with van der Waals surface area (Å²) in [4.78, 5) is 0.285. The first kappa shape index (κ1) is 17.7. The van der Waals surface area contributed by atoms with Crippen molar-refractivity contribution >= 4 is 26.0 Å². The molecule has 0 aromatic heterocycles. The van der Waals surface area contributed by atoms with Gasteiger partial charge >= 0.3 is 0 Å². The quantitative estimate of drug-likeness (QED) is 0.838. The number of benzene rings is 1. The van der Waals surface area contributed by atoms with Crippen molar-refractivity contribution in [3.63, 3.8) is 0 Å². The van der Waals surface area contributed by atoms with Gasteiger partial charge in [0, 0.05) is 19.1 Å². The fraction of sp³-hybridized carbons (Fsp3) is 0.600. The van der Waals surface area contributed by atoms with Crippen LogP contribution in [0.3, 0.4) is 0 Å². The van der Waals surface area contributed by atoms with E-state index in [0.29, 0.717) is 29.9 Å². The number of nitrogens with two attached hydrogens (primary N) is 1. The van der Waals surface area contributed by atoms with Crippen LogP contribution >= 0.6 is 15.9 Å². The molecule has 124 valence electrons. The molecule has 7 heteroatoms. The zero-order chi connectivity index (χ0) is 16.3. The molecule has 1 heterocycles. The van der Waals surface area contributed by atoms with E-state index in [4.69, 9.17) is 10.5 Å². The third-order valence-electron chi connectivity index (χ3n) is 4.01. The van der Waals surface area contributed by atoms with Crippen LogP contribution in [0.15, 0.2) is 27.6 Å². The molecule has 22 heavy (non-hydrogen) atoms. The summed E-state index contributed by atoms with van der Waals surface area (Å²) in [6.45, 7) is 5.40. The van der Waals surface area contributed by atoms with Gasteiger partial charge < -0.3 is 10.5 Å². The van der Waals surface area contributed by atoms with Crippen LogP contribution in [0, 0.1) is 5.92 Å². The molecule has 0 spiro atoms. The molecule has 0 saturated carbocycles. The summed E-state index contributed by atoms with van der Waals surface area (Å²) in [6.07, 6.45) is 1.83. The SMILES string of the molecule is CCOc1ccc(S(=O)(=O)N2CCCC(C(C)N)C2)cc1Br. The molecule has 2 atom stereocenters. The molecule has 1 aromatic carbocycles. The number of piperidine rings is 1. The van der Waals surface area contributed by atoms with Gasteiger partial charge in [0.15, 0.2) is 0 Å². The molecule has 5 nitrogen and oxygen atoms in total. The van der Waals surface area contributed by atoms with Crippen LogP contribution in [0.25, 0.3) is 0 Å². The highest BCUT2D eigenvalue weighted by Crippen LogP contribution is 2.31. The summed E-state index contributed by atoms with van der Waals surface area (Å²) in [5.74, 6) is 0.864. The summed E-state index contributed by atoms with van der Waals surface area (Å²) in [5, 5.41) is 0. The highest BCUT2D eigenvalue weighted by atomic mass is 79.9. The van der Waals surface area contributed by atoms with Crippen LogP contribution in [-0.4, -0.2) is 38.5 Å². The molecule has 1 aromatic rings. The van der Waals surface area contributed by atoms with Gasteiger partial charge in [-0.1, -0.05) is 0 Å². The fourth-order valence-corrected chi connectivity index (χ4v) is 4.89. The Morgan fingerprint density at radius 3 is 2.82 bits per heavy atom. The summed E-state index contributed by atoms with van der Waals surface area (Å²) in [7, 11) is -3.49. The minimum atomic E-state index is -3.49. The minimum Gasteiger partial charge on any atom is -0.493 e. The maximum atomic E-state index is 12.8. The van der Waals surface area contributed by atoms with Gasteiger partial charge in [-0.15, -0.1) is 0 Å². The molecule has 1 fully saturated rings. The van der Waals surface area contributed by atoms with Crippen molar-refractivity contribution in [2.24, 2.45) is 11.7 Å². The zero-order valence-electron chi connectivity index (χ0n) is 13.0. The number of nitrogens with zero attached hydrogens (tertiary/aromatic N) is 1. The lowest BCUT2D eigenvalue weighted by Crippen LogP contribution is -2.44. The van der Waals surface area contributed by atoms with Crippen LogP contribution in [0.1, 0.15) is 26.7 Å². The van der Waals surface area contributed by atoms with Crippen molar-refractivity contribution in [3.05, 3.63) is 22.7 Å². The van der Waals surface area contributed by atoms with E-state index >= 15 is 0 Å². The van der Waals surface area contributed by atoms with Crippen LogP contribution in [0.4, 0.5) is 0 Å². The Bertz CT molecular complexity index is 619. The topological polar surface area (TPSA) is 72.6 Å². The van der Waals surface area contributed by atoms with E-state index in [1.807, 2.05) is 13.8 Å². The molecule has 0 amide bonds. The van der Waals surface area contributed by atoms with Crippen LogP contribution in [0.5, 0.6) is 5.75 Å². The van der Waals surface area contributed by atoms with Crippen molar-refractivity contribution in [1.29, 1.82) is 0 Å². The van der Waals surface area contributed by atoms with E-state index in [9.17, 15) is 8.42 Å². The predicted octanol–water partition coefficient (Wildman–Crippen LogP) is 2.60. The molecule has 0 aliphatic carbocycles. The summed E-state index contributed by atoms with van der Waals surface area (Å²) in [6, 6.07) is 4.90. The number of hydrogen-bond acceptors (Lipinski definition) is 4. The van der Waals surface area contributed by atoms with Crippen LogP contribution < -0.4 is 10.5 Å². The molecular formula is C15H23BrN2O3S. The van der Waals surface area contributed by atoms with E-state index in [1.165, 1.54) is 0 Å². The van der Waals surface area contributed by atoms with Crippen LogP contribution in [-0.2, 0) is 10.0 Å². The van der Waals surface area contributed by atoms with Gasteiger partial charge in [0.25, 0.3) is 0 Å². The van der Waals surface area contributed by atoms with Gasteiger partial charge in [0.05, 0.1) is 16.0 Å². The Balaban J connectivity index is 2.24. The number of hydrogen-bond donors (Lipinski definition) is 1. The Labute approximate surface area is 141 Å². The molecular weight excluding hydrogens is 368 g/mol. The third kappa shape index (κ3) is 3.82. The number of rotatable bonds is 5. The highest BCUT2D eigenvalue weighted by molar-refractivity contribution is 9.10. The Morgan fingerprint density at radius 2 is 2.23 bits per heavy atom. The van der Waals surface area contributed by atoms with Gasteiger partial charge in [-0.3, -0.25) is 0 Å². The van der Waals surface area contributed by atoms with E-state index < -0.39 is 10.0 Å². The Morgan fingerprint density at radius 1 is 1.50 bits per heavy atom. The van der Waals surface area contributed by atoms with Crippen molar-refractivity contribution in [2.45, 2.75) is 37.6 Å². The standard InChI is InChI=1S/C15H23BrN2O3S/c1-3-21-15-7-6-13(9-14(15)16)22(19,20)18-8-4-5-12(10-18)11(2)17/h6-7,9,11-12H,3-5,8,10,17H2,1-2H3. The van der Waals surface area contributed by atoms with E-state index in [2.05, 4.69) is 15.9 Å². The number of ether oxygens (including phenoxy) is 1. The maximum absolute atomic E-state index is 12.8. The van der Waals surface area contributed by atoms with E-state index in [1.54, 1.807) is 22.5 Å².